The van der Waals surface area contributed by atoms with Crippen LogP contribution < -0.4 is 5.73 Å². The summed E-state index contributed by atoms with van der Waals surface area (Å²) in [5.74, 6) is 0.905. The fourth-order valence-corrected chi connectivity index (χ4v) is 2.22. The van der Waals surface area contributed by atoms with Crippen molar-refractivity contribution in [1.29, 1.82) is 0 Å². The van der Waals surface area contributed by atoms with E-state index in [4.69, 9.17) is 19.6 Å². The lowest BCUT2D eigenvalue weighted by Crippen LogP contribution is -2.60. The number of furan rings is 1. The largest absolute Gasteiger partial charge is 0.468 e. The van der Waals surface area contributed by atoms with Crippen LogP contribution in [0.4, 0.5) is 0 Å². The van der Waals surface area contributed by atoms with Gasteiger partial charge in [-0.3, -0.25) is 4.90 Å². The maximum Gasteiger partial charge on any atom is 0.176 e. The van der Waals surface area contributed by atoms with Gasteiger partial charge in [-0.1, -0.05) is 6.92 Å². The third-order valence-corrected chi connectivity index (χ3v) is 3.38. The highest BCUT2D eigenvalue weighted by Gasteiger charge is 2.39. The SMILES string of the molecule is CCN(Cc1ccco1)C(C)(CN)C(OC)OC. The molecule has 5 nitrogen and oxygen atoms in total. The first-order valence-electron chi connectivity index (χ1n) is 6.15. The Bertz CT molecular complexity index is 325. The summed E-state index contributed by atoms with van der Waals surface area (Å²) in [5.41, 5.74) is 5.53. The van der Waals surface area contributed by atoms with E-state index in [2.05, 4.69) is 11.8 Å². The molecule has 1 aromatic rings. The summed E-state index contributed by atoms with van der Waals surface area (Å²) in [6.07, 6.45) is 1.30. The third kappa shape index (κ3) is 3.11. The van der Waals surface area contributed by atoms with E-state index in [1.165, 1.54) is 0 Å². The van der Waals surface area contributed by atoms with Crippen LogP contribution in [0, 0.1) is 0 Å². The maximum absolute atomic E-state index is 5.93. The first-order chi connectivity index (χ1) is 8.62. The van der Waals surface area contributed by atoms with E-state index in [-0.39, 0.29) is 6.29 Å². The van der Waals surface area contributed by atoms with Crippen molar-refractivity contribution in [3.63, 3.8) is 0 Å². The fraction of sp³-hybridized carbons (Fsp3) is 0.692. The summed E-state index contributed by atoms with van der Waals surface area (Å²) in [5, 5.41) is 0. The number of hydrogen-bond donors (Lipinski definition) is 1. The molecule has 0 aliphatic heterocycles. The molecule has 18 heavy (non-hydrogen) atoms. The van der Waals surface area contributed by atoms with E-state index in [0.29, 0.717) is 13.1 Å². The number of nitrogens with two attached hydrogens (primary N) is 1. The topological polar surface area (TPSA) is 60.9 Å². The molecule has 2 N–H and O–H groups in total. The molecular weight excluding hydrogens is 232 g/mol. The highest BCUT2D eigenvalue weighted by molar-refractivity contribution is 5.01. The second kappa shape index (κ2) is 6.89. The van der Waals surface area contributed by atoms with Crippen molar-refractivity contribution >= 4 is 0 Å². The molecule has 0 spiro atoms. The lowest BCUT2D eigenvalue weighted by molar-refractivity contribution is -0.183. The molecule has 0 bridgehead atoms. The molecule has 1 atom stereocenters. The van der Waals surface area contributed by atoms with Gasteiger partial charge in [-0.25, -0.2) is 0 Å². The molecular formula is C13H24N2O3. The molecule has 0 saturated carbocycles. The molecule has 0 radical (unpaired) electrons. The minimum Gasteiger partial charge on any atom is -0.468 e. The van der Waals surface area contributed by atoms with Crippen molar-refractivity contribution in [2.24, 2.45) is 5.73 Å². The first-order valence-corrected chi connectivity index (χ1v) is 6.15. The zero-order chi connectivity index (χ0) is 13.6. The molecule has 1 heterocycles. The van der Waals surface area contributed by atoms with Gasteiger partial charge in [-0.15, -0.1) is 0 Å². The van der Waals surface area contributed by atoms with Crippen molar-refractivity contribution < 1.29 is 13.9 Å². The number of rotatable bonds is 8. The smallest absolute Gasteiger partial charge is 0.176 e. The fourth-order valence-electron chi connectivity index (χ4n) is 2.22. The predicted octanol–water partition coefficient (Wildman–Crippen LogP) is 1.44. The minimum atomic E-state index is -0.398. The van der Waals surface area contributed by atoms with Gasteiger partial charge < -0.3 is 19.6 Å². The number of ether oxygens (including phenoxy) is 2. The summed E-state index contributed by atoms with van der Waals surface area (Å²) in [6.45, 7) is 6.07. The lowest BCUT2D eigenvalue weighted by Gasteiger charge is -2.43. The van der Waals surface area contributed by atoms with Crippen LogP contribution >= 0.6 is 0 Å². The number of methoxy groups -OCH3 is 2. The Morgan fingerprint density at radius 3 is 2.50 bits per heavy atom. The summed E-state index contributed by atoms with van der Waals surface area (Å²) in [6, 6.07) is 3.83. The Morgan fingerprint density at radius 1 is 1.44 bits per heavy atom. The van der Waals surface area contributed by atoms with E-state index in [0.717, 1.165) is 12.3 Å². The third-order valence-electron chi connectivity index (χ3n) is 3.38. The molecule has 0 aliphatic rings. The Balaban J connectivity index is 2.87. The summed E-state index contributed by atoms with van der Waals surface area (Å²) in [4.78, 5) is 2.20. The molecule has 1 aromatic heterocycles. The highest BCUT2D eigenvalue weighted by Crippen LogP contribution is 2.23. The molecule has 0 aromatic carbocycles. The van der Waals surface area contributed by atoms with Crippen molar-refractivity contribution in [3.05, 3.63) is 24.2 Å². The molecule has 1 unspecified atom stereocenters. The molecule has 0 saturated heterocycles. The van der Waals surface area contributed by atoms with E-state index in [1.807, 2.05) is 19.1 Å². The molecule has 0 fully saturated rings. The highest BCUT2D eigenvalue weighted by atomic mass is 16.7. The van der Waals surface area contributed by atoms with Gasteiger partial charge in [0.15, 0.2) is 6.29 Å². The predicted molar refractivity (Wildman–Crippen MR) is 70.1 cm³/mol. The molecule has 0 aliphatic carbocycles. The van der Waals surface area contributed by atoms with Crippen LogP contribution in [0.25, 0.3) is 0 Å². The average Bonchev–Trinajstić information content (AvgIpc) is 2.89. The van der Waals surface area contributed by atoms with E-state index >= 15 is 0 Å². The number of hydrogen-bond acceptors (Lipinski definition) is 5. The van der Waals surface area contributed by atoms with Gasteiger partial charge in [0.05, 0.1) is 18.3 Å². The van der Waals surface area contributed by atoms with Crippen molar-refractivity contribution in [3.8, 4) is 0 Å². The normalized spacial score (nSPS) is 15.3. The van der Waals surface area contributed by atoms with Gasteiger partial charge in [0.1, 0.15) is 5.76 Å². The van der Waals surface area contributed by atoms with Crippen LogP contribution in [0.1, 0.15) is 19.6 Å². The Morgan fingerprint density at radius 2 is 2.11 bits per heavy atom. The lowest BCUT2D eigenvalue weighted by atomic mass is 9.98. The average molecular weight is 256 g/mol. The quantitative estimate of drug-likeness (QED) is 0.713. The van der Waals surface area contributed by atoms with Crippen LogP contribution in [0.2, 0.25) is 0 Å². The van der Waals surface area contributed by atoms with Crippen LogP contribution in [0.5, 0.6) is 0 Å². The molecule has 1 rings (SSSR count). The number of nitrogens with zero attached hydrogens (tertiary/aromatic N) is 1. The zero-order valence-electron chi connectivity index (χ0n) is 11.7. The van der Waals surface area contributed by atoms with Gasteiger partial charge >= 0.3 is 0 Å². The molecule has 5 heteroatoms. The van der Waals surface area contributed by atoms with Gasteiger partial charge in [0.2, 0.25) is 0 Å². The van der Waals surface area contributed by atoms with Crippen LogP contribution in [0.15, 0.2) is 22.8 Å². The van der Waals surface area contributed by atoms with Gasteiger partial charge in [-0.2, -0.15) is 0 Å². The van der Waals surface area contributed by atoms with Crippen molar-refractivity contribution in [2.45, 2.75) is 32.2 Å². The minimum absolute atomic E-state index is 0.377. The van der Waals surface area contributed by atoms with E-state index in [1.54, 1.807) is 20.5 Å². The van der Waals surface area contributed by atoms with Gasteiger partial charge in [-0.05, 0) is 25.6 Å². The van der Waals surface area contributed by atoms with Crippen LogP contribution in [0.3, 0.4) is 0 Å². The summed E-state index contributed by atoms with van der Waals surface area (Å²) >= 11 is 0. The van der Waals surface area contributed by atoms with Gasteiger partial charge in [0.25, 0.3) is 0 Å². The number of likely N-dealkylation sites (N-methyl/N-ethyl adjacent to an activating group) is 1. The second-order valence-electron chi connectivity index (χ2n) is 4.46. The first kappa shape index (κ1) is 15.2. The maximum atomic E-state index is 5.93. The second-order valence-corrected chi connectivity index (χ2v) is 4.46. The van der Waals surface area contributed by atoms with E-state index in [9.17, 15) is 0 Å². The van der Waals surface area contributed by atoms with Crippen molar-refractivity contribution in [1.82, 2.24) is 4.90 Å². The monoisotopic (exact) mass is 256 g/mol. The van der Waals surface area contributed by atoms with E-state index < -0.39 is 5.54 Å². The Labute approximate surface area is 109 Å². The molecule has 0 amide bonds. The standard InChI is InChI=1S/C13H24N2O3/c1-5-15(9-11-7-6-8-18-11)13(2,10-14)12(16-3)17-4/h6-8,12H,5,9-10,14H2,1-4H3. The van der Waals surface area contributed by atoms with Crippen LogP contribution in [-0.2, 0) is 16.0 Å². The molecule has 104 valence electrons. The van der Waals surface area contributed by atoms with Crippen LogP contribution in [-0.4, -0.2) is 44.0 Å². The summed E-state index contributed by atoms with van der Waals surface area (Å²) < 4.78 is 16.2. The summed E-state index contributed by atoms with van der Waals surface area (Å²) in [7, 11) is 3.26. The zero-order valence-corrected chi connectivity index (χ0v) is 11.7. The van der Waals surface area contributed by atoms with Crippen molar-refractivity contribution in [2.75, 3.05) is 27.3 Å². The Hall–Kier alpha value is -0.880. The Kier molecular flexibility index (Phi) is 5.81. The van der Waals surface area contributed by atoms with Gasteiger partial charge in [0, 0.05) is 20.8 Å².